The maximum absolute atomic E-state index is 13.4. The molecule has 3 rings (SSSR count). The van der Waals surface area contributed by atoms with Crippen molar-refractivity contribution in [3.8, 4) is 11.8 Å². The normalized spacial score (nSPS) is 18.6. The molecule has 2 aromatic carbocycles. The second-order valence-corrected chi connectivity index (χ2v) is 6.92. The molecule has 0 spiro atoms. The second kappa shape index (κ2) is 7.88. The zero-order chi connectivity index (χ0) is 23.8. The highest BCUT2D eigenvalue weighted by Gasteiger charge is 2.59. The lowest BCUT2D eigenvalue weighted by atomic mass is 9.90. The number of aromatic hydroxyl groups is 1. The first kappa shape index (κ1) is 22.6. The van der Waals surface area contributed by atoms with Gasteiger partial charge in [-0.05, 0) is 49.7 Å². The van der Waals surface area contributed by atoms with Crippen molar-refractivity contribution in [1.82, 2.24) is 4.90 Å². The summed E-state index contributed by atoms with van der Waals surface area (Å²) < 4.78 is 45.1. The van der Waals surface area contributed by atoms with Crippen LogP contribution in [0.3, 0.4) is 0 Å². The monoisotopic (exact) mass is 447 g/mol. The summed E-state index contributed by atoms with van der Waals surface area (Å²) in [4.78, 5) is 40.1. The van der Waals surface area contributed by atoms with Crippen LogP contribution in [0.15, 0.2) is 42.5 Å². The van der Waals surface area contributed by atoms with Gasteiger partial charge in [-0.3, -0.25) is 4.79 Å². The number of anilines is 1. The number of hydrogen-bond donors (Lipinski definition) is 1. The number of alkyl halides is 3. The van der Waals surface area contributed by atoms with Gasteiger partial charge in [-0.15, -0.1) is 0 Å². The van der Waals surface area contributed by atoms with E-state index in [4.69, 9.17) is 10.00 Å². The molecule has 2 aromatic rings. The molecule has 1 unspecified atom stereocenters. The van der Waals surface area contributed by atoms with Crippen molar-refractivity contribution >= 4 is 23.7 Å². The molecule has 1 fully saturated rings. The highest BCUT2D eigenvalue weighted by molar-refractivity contribution is 6.26. The third-order valence-electron chi connectivity index (χ3n) is 5.02. The van der Waals surface area contributed by atoms with E-state index in [0.29, 0.717) is 15.9 Å². The Morgan fingerprint density at radius 3 is 2.34 bits per heavy atom. The van der Waals surface area contributed by atoms with Gasteiger partial charge >= 0.3 is 18.3 Å². The first-order valence-corrected chi connectivity index (χ1v) is 9.23. The SMILES string of the molecule is CCOC(=O)N1C(=O)N(c2ccc(C#N)c(C(F)(F)F)c2)C(=O)C1(C)c1ccc(O)cc1. The number of urea groups is 1. The van der Waals surface area contributed by atoms with E-state index in [0.717, 1.165) is 12.1 Å². The lowest BCUT2D eigenvalue weighted by Crippen LogP contribution is -2.48. The van der Waals surface area contributed by atoms with E-state index in [9.17, 15) is 32.7 Å². The fraction of sp³-hybridized carbons (Fsp3) is 0.238. The van der Waals surface area contributed by atoms with Crippen LogP contribution >= 0.6 is 0 Å². The van der Waals surface area contributed by atoms with Crippen molar-refractivity contribution in [2.75, 3.05) is 11.5 Å². The molecule has 1 saturated heterocycles. The van der Waals surface area contributed by atoms with Gasteiger partial charge in [-0.1, -0.05) is 12.1 Å². The minimum absolute atomic E-state index is 0.119. The number of rotatable bonds is 3. The predicted octanol–water partition coefficient (Wildman–Crippen LogP) is 4.12. The molecule has 0 saturated carbocycles. The molecule has 0 aliphatic carbocycles. The first-order chi connectivity index (χ1) is 15.0. The number of phenolic OH excluding ortho intramolecular Hbond substituents is 1. The Morgan fingerprint density at radius 2 is 1.81 bits per heavy atom. The number of nitriles is 1. The van der Waals surface area contributed by atoms with E-state index in [1.165, 1.54) is 44.2 Å². The molecule has 0 aromatic heterocycles. The van der Waals surface area contributed by atoms with E-state index in [1.807, 2.05) is 0 Å². The predicted molar refractivity (Wildman–Crippen MR) is 103 cm³/mol. The molecule has 0 radical (unpaired) electrons. The molecule has 1 N–H and O–H groups in total. The zero-order valence-electron chi connectivity index (χ0n) is 16.8. The van der Waals surface area contributed by atoms with Crippen molar-refractivity contribution in [2.45, 2.75) is 25.6 Å². The van der Waals surface area contributed by atoms with E-state index in [-0.39, 0.29) is 17.9 Å². The highest BCUT2D eigenvalue weighted by Crippen LogP contribution is 2.42. The Hall–Kier alpha value is -4.07. The molecular weight excluding hydrogens is 431 g/mol. The van der Waals surface area contributed by atoms with Crippen LogP contribution in [-0.4, -0.2) is 34.6 Å². The van der Waals surface area contributed by atoms with Crippen molar-refractivity contribution < 1.29 is 37.4 Å². The van der Waals surface area contributed by atoms with Gasteiger partial charge in [0.2, 0.25) is 0 Å². The quantitative estimate of drug-likeness (QED) is 0.709. The van der Waals surface area contributed by atoms with Gasteiger partial charge in [0.15, 0.2) is 5.54 Å². The van der Waals surface area contributed by atoms with Gasteiger partial charge < -0.3 is 9.84 Å². The van der Waals surface area contributed by atoms with E-state index >= 15 is 0 Å². The minimum Gasteiger partial charge on any atom is -0.508 e. The molecule has 1 atom stereocenters. The molecule has 0 bridgehead atoms. The fourth-order valence-corrected chi connectivity index (χ4v) is 3.41. The van der Waals surface area contributed by atoms with Crippen LogP contribution in [0.5, 0.6) is 5.75 Å². The van der Waals surface area contributed by atoms with Crippen LogP contribution < -0.4 is 4.90 Å². The molecule has 8 nitrogen and oxygen atoms in total. The first-order valence-electron chi connectivity index (χ1n) is 9.23. The standard InChI is InChI=1S/C21H16F3N3O5/c1-3-32-19(31)27-18(30)26(14-7-4-12(11-25)16(10-14)21(22,23)24)17(29)20(27,2)13-5-8-15(28)9-6-13/h4-10,28H,3H2,1-2H3. The summed E-state index contributed by atoms with van der Waals surface area (Å²) in [5.41, 5.74) is -4.34. The van der Waals surface area contributed by atoms with Crippen LogP contribution in [0.25, 0.3) is 0 Å². The van der Waals surface area contributed by atoms with Crippen LogP contribution in [-0.2, 0) is 21.2 Å². The summed E-state index contributed by atoms with van der Waals surface area (Å²) in [5, 5.41) is 18.5. The van der Waals surface area contributed by atoms with E-state index in [1.54, 1.807) is 0 Å². The maximum Gasteiger partial charge on any atom is 0.419 e. The van der Waals surface area contributed by atoms with Crippen molar-refractivity contribution in [3.05, 3.63) is 59.2 Å². The molecule has 11 heteroatoms. The molecule has 32 heavy (non-hydrogen) atoms. The lowest BCUT2D eigenvalue weighted by molar-refractivity contribution is -0.137. The van der Waals surface area contributed by atoms with Gasteiger partial charge in [-0.2, -0.15) is 18.4 Å². The third kappa shape index (κ3) is 3.49. The highest BCUT2D eigenvalue weighted by atomic mass is 19.4. The Bertz CT molecular complexity index is 1140. The third-order valence-corrected chi connectivity index (χ3v) is 5.02. The van der Waals surface area contributed by atoms with Gasteiger partial charge in [0.05, 0.1) is 29.5 Å². The lowest BCUT2D eigenvalue weighted by Gasteiger charge is -2.29. The molecule has 1 aliphatic rings. The summed E-state index contributed by atoms with van der Waals surface area (Å²) in [6, 6.07) is 7.61. The smallest absolute Gasteiger partial charge is 0.419 e. The van der Waals surface area contributed by atoms with E-state index < -0.39 is 46.6 Å². The fourth-order valence-electron chi connectivity index (χ4n) is 3.41. The molecule has 1 heterocycles. The molecule has 1 aliphatic heterocycles. The Morgan fingerprint density at radius 1 is 1.19 bits per heavy atom. The number of hydrogen-bond acceptors (Lipinski definition) is 6. The number of amides is 4. The molecular formula is C21H16F3N3O5. The van der Waals surface area contributed by atoms with Crippen LogP contribution in [0, 0.1) is 11.3 Å². The average molecular weight is 447 g/mol. The van der Waals surface area contributed by atoms with Crippen LogP contribution in [0.1, 0.15) is 30.5 Å². The van der Waals surface area contributed by atoms with Crippen LogP contribution in [0.2, 0.25) is 0 Å². The largest absolute Gasteiger partial charge is 0.508 e. The number of carbonyl (C=O) groups is 3. The maximum atomic E-state index is 13.4. The van der Waals surface area contributed by atoms with Crippen LogP contribution in [0.4, 0.5) is 28.4 Å². The number of phenols is 1. The van der Waals surface area contributed by atoms with Gasteiger partial charge in [0.25, 0.3) is 5.91 Å². The number of imide groups is 2. The Balaban J connectivity index is 2.20. The van der Waals surface area contributed by atoms with Gasteiger partial charge in [-0.25, -0.2) is 19.4 Å². The number of ether oxygens (including phenoxy) is 1. The van der Waals surface area contributed by atoms with Crippen molar-refractivity contribution in [1.29, 1.82) is 5.26 Å². The number of halogens is 3. The second-order valence-electron chi connectivity index (χ2n) is 6.92. The summed E-state index contributed by atoms with van der Waals surface area (Å²) >= 11 is 0. The average Bonchev–Trinajstić information content (AvgIpc) is 2.93. The molecule has 166 valence electrons. The number of carbonyl (C=O) groups excluding carboxylic acids is 3. The van der Waals surface area contributed by atoms with Gasteiger partial charge in [0, 0.05) is 0 Å². The summed E-state index contributed by atoms with van der Waals surface area (Å²) in [5.74, 6) is -1.16. The van der Waals surface area contributed by atoms with Gasteiger partial charge in [0.1, 0.15) is 5.75 Å². The number of nitrogens with zero attached hydrogens (tertiary/aromatic N) is 3. The summed E-state index contributed by atoms with van der Waals surface area (Å²) in [6.45, 7) is 2.59. The summed E-state index contributed by atoms with van der Waals surface area (Å²) in [7, 11) is 0. The van der Waals surface area contributed by atoms with Crippen molar-refractivity contribution in [3.63, 3.8) is 0 Å². The van der Waals surface area contributed by atoms with Crippen molar-refractivity contribution in [2.24, 2.45) is 0 Å². The zero-order valence-corrected chi connectivity index (χ0v) is 16.8. The number of benzene rings is 2. The van der Waals surface area contributed by atoms with E-state index in [2.05, 4.69) is 0 Å². The Kier molecular flexibility index (Phi) is 5.57. The molecule has 4 amide bonds. The topological polar surface area (TPSA) is 111 Å². The minimum atomic E-state index is -4.92. The Labute approximate surface area is 180 Å². The summed E-state index contributed by atoms with van der Waals surface area (Å²) in [6.07, 6.45) is -6.10.